The van der Waals surface area contributed by atoms with Gasteiger partial charge in [0.05, 0.1) is 5.69 Å². The van der Waals surface area contributed by atoms with Gasteiger partial charge in [-0.2, -0.15) is 0 Å². The highest BCUT2D eigenvalue weighted by Gasteiger charge is 2.40. The Morgan fingerprint density at radius 3 is 2.12 bits per heavy atom. The summed E-state index contributed by atoms with van der Waals surface area (Å²) in [6.45, 7) is 4.50. The number of hydrogen-bond donors (Lipinski definition) is 0. The third kappa shape index (κ3) is 3.22. The third-order valence-electron chi connectivity index (χ3n) is 5.44. The summed E-state index contributed by atoms with van der Waals surface area (Å²) in [6.07, 6.45) is 5.50. The molecule has 0 bridgehead atoms. The number of rotatable bonds is 5. The SMILES string of the molecule is Cc1ccc(C2(c3ccc(OCc4ccnc(C)n4)cc3)CCC2)cc1. The maximum atomic E-state index is 5.90. The van der Waals surface area contributed by atoms with Crippen molar-refractivity contribution in [2.75, 3.05) is 0 Å². The van der Waals surface area contributed by atoms with E-state index in [0.717, 1.165) is 17.3 Å². The minimum Gasteiger partial charge on any atom is -0.487 e. The zero-order valence-electron chi connectivity index (χ0n) is 15.4. The molecule has 1 aliphatic rings. The fourth-order valence-corrected chi connectivity index (χ4v) is 3.76. The van der Waals surface area contributed by atoms with Gasteiger partial charge in [-0.25, -0.2) is 9.97 Å². The first kappa shape index (κ1) is 16.8. The molecule has 2 aromatic carbocycles. The number of hydrogen-bond acceptors (Lipinski definition) is 3. The molecule has 3 aromatic rings. The average Bonchev–Trinajstić information content (AvgIpc) is 2.62. The number of aryl methyl sites for hydroxylation is 2. The normalized spacial score (nSPS) is 15.3. The van der Waals surface area contributed by atoms with E-state index in [1.165, 1.54) is 36.0 Å². The zero-order chi connectivity index (χ0) is 18.0. The van der Waals surface area contributed by atoms with Crippen LogP contribution in [0.2, 0.25) is 0 Å². The van der Waals surface area contributed by atoms with Crippen LogP contribution in [0, 0.1) is 13.8 Å². The highest BCUT2D eigenvalue weighted by atomic mass is 16.5. The molecule has 0 atom stereocenters. The van der Waals surface area contributed by atoms with Crippen molar-refractivity contribution in [3.63, 3.8) is 0 Å². The van der Waals surface area contributed by atoms with Crippen LogP contribution < -0.4 is 4.74 Å². The van der Waals surface area contributed by atoms with E-state index in [0.29, 0.717) is 6.61 Å². The van der Waals surface area contributed by atoms with Crippen molar-refractivity contribution >= 4 is 0 Å². The lowest BCUT2D eigenvalue weighted by Crippen LogP contribution is -2.35. The lowest BCUT2D eigenvalue weighted by molar-refractivity contribution is 0.294. The summed E-state index contributed by atoms with van der Waals surface area (Å²) in [5.74, 6) is 1.65. The van der Waals surface area contributed by atoms with E-state index < -0.39 is 0 Å². The summed E-state index contributed by atoms with van der Waals surface area (Å²) >= 11 is 0. The lowest BCUT2D eigenvalue weighted by atomic mass is 9.60. The minimum absolute atomic E-state index is 0.177. The van der Waals surface area contributed by atoms with Gasteiger partial charge in [0.25, 0.3) is 0 Å². The largest absolute Gasteiger partial charge is 0.487 e. The van der Waals surface area contributed by atoms with E-state index in [9.17, 15) is 0 Å². The predicted octanol–water partition coefficient (Wildman–Crippen LogP) is 5.14. The molecule has 0 spiro atoms. The van der Waals surface area contributed by atoms with Crippen molar-refractivity contribution < 1.29 is 4.74 Å². The van der Waals surface area contributed by atoms with E-state index in [1.54, 1.807) is 6.20 Å². The first-order valence-corrected chi connectivity index (χ1v) is 9.25. The average molecular weight is 344 g/mol. The zero-order valence-corrected chi connectivity index (χ0v) is 15.4. The van der Waals surface area contributed by atoms with Crippen LogP contribution in [-0.2, 0) is 12.0 Å². The van der Waals surface area contributed by atoms with Gasteiger partial charge in [-0.15, -0.1) is 0 Å². The first-order chi connectivity index (χ1) is 12.7. The summed E-state index contributed by atoms with van der Waals surface area (Å²) in [4.78, 5) is 8.49. The van der Waals surface area contributed by atoms with E-state index in [2.05, 4.69) is 65.4 Å². The van der Waals surface area contributed by atoms with Crippen molar-refractivity contribution in [2.24, 2.45) is 0 Å². The molecule has 1 aromatic heterocycles. The smallest absolute Gasteiger partial charge is 0.130 e. The van der Waals surface area contributed by atoms with E-state index in [-0.39, 0.29) is 5.41 Å². The topological polar surface area (TPSA) is 35.0 Å². The van der Waals surface area contributed by atoms with Crippen molar-refractivity contribution in [3.05, 3.63) is 89.0 Å². The van der Waals surface area contributed by atoms with Crippen molar-refractivity contribution in [1.82, 2.24) is 9.97 Å². The summed E-state index contributed by atoms with van der Waals surface area (Å²) in [5, 5.41) is 0. The molecule has 0 amide bonds. The monoisotopic (exact) mass is 344 g/mol. The summed E-state index contributed by atoms with van der Waals surface area (Å²) < 4.78 is 5.90. The van der Waals surface area contributed by atoms with Crippen LogP contribution in [0.5, 0.6) is 5.75 Å². The van der Waals surface area contributed by atoms with Gasteiger partial charge in [-0.05, 0) is 56.0 Å². The van der Waals surface area contributed by atoms with E-state index >= 15 is 0 Å². The van der Waals surface area contributed by atoms with Gasteiger partial charge in [-0.3, -0.25) is 0 Å². The molecule has 3 nitrogen and oxygen atoms in total. The second-order valence-electron chi connectivity index (χ2n) is 7.21. The number of aromatic nitrogens is 2. The second-order valence-corrected chi connectivity index (χ2v) is 7.21. The molecule has 3 heteroatoms. The molecule has 26 heavy (non-hydrogen) atoms. The Kier molecular flexibility index (Phi) is 4.46. The molecule has 1 aliphatic carbocycles. The third-order valence-corrected chi connectivity index (χ3v) is 5.44. The predicted molar refractivity (Wildman–Crippen MR) is 103 cm³/mol. The molecule has 4 rings (SSSR count). The van der Waals surface area contributed by atoms with Crippen LogP contribution in [0.25, 0.3) is 0 Å². The van der Waals surface area contributed by atoms with Gasteiger partial charge >= 0.3 is 0 Å². The van der Waals surface area contributed by atoms with Crippen LogP contribution >= 0.6 is 0 Å². The minimum atomic E-state index is 0.177. The maximum Gasteiger partial charge on any atom is 0.130 e. The summed E-state index contributed by atoms with van der Waals surface area (Å²) in [5.41, 5.74) is 5.21. The molecule has 0 aliphatic heterocycles. The molecular formula is C23H24N2O. The van der Waals surface area contributed by atoms with Crippen LogP contribution in [0.15, 0.2) is 60.8 Å². The molecule has 0 unspecified atom stereocenters. The van der Waals surface area contributed by atoms with Gasteiger partial charge in [0.1, 0.15) is 18.2 Å². The van der Waals surface area contributed by atoms with Crippen molar-refractivity contribution in [3.8, 4) is 5.75 Å². The molecule has 132 valence electrons. The van der Waals surface area contributed by atoms with Gasteiger partial charge < -0.3 is 4.74 Å². The quantitative estimate of drug-likeness (QED) is 0.642. The van der Waals surface area contributed by atoms with Crippen LogP contribution in [0.1, 0.15) is 47.5 Å². The molecule has 0 saturated heterocycles. The second kappa shape index (κ2) is 6.91. The Morgan fingerprint density at radius 2 is 1.54 bits per heavy atom. The molecule has 0 N–H and O–H groups in total. The highest BCUT2D eigenvalue weighted by Crippen LogP contribution is 2.49. The van der Waals surface area contributed by atoms with E-state index in [4.69, 9.17) is 4.74 Å². The molecular weight excluding hydrogens is 320 g/mol. The maximum absolute atomic E-state index is 5.90. The Morgan fingerprint density at radius 1 is 0.885 bits per heavy atom. The molecule has 1 saturated carbocycles. The van der Waals surface area contributed by atoms with Gasteiger partial charge in [-0.1, -0.05) is 48.4 Å². The first-order valence-electron chi connectivity index (χ1n) is 9.25. The highest BCUT2D eigenvalue weighted by molar-refractivity contribution is 5.44. The van der Waals surface area contributed by atoms with Gasteiger partial charge in [0.2, 0.25) is 0 Å². The Hall–Kier alpha value is -2.68. The fourth-order valence-electron chi connectivity index (χ4n) is 3.76. The van der Waals surface area contributed by atoms with Crippen LogP contribution in [0.3, 0.4) is 0 Å². The Labute approximate surface area is 155 Å². The van der Waals surface area contributed by atoms with Gasteiger partial charge in [0, 0.05) is 11.6 Å². The molecule has 0 radical (unpaired) electrons. The summed E-state index contributed by atoms with van der Waals surface area (Å²) in [7, 11) is 0. The van der Waals surface area contributed by atoms with E-state index in [1.807, 2.05) is 13.0 Å². The number of ether oxygens (including phenoxy) is 1. The lowest BCUT2D eigenvalue weighted by Gasteiger charge is -2.43. The molecule has 1 heterocycles. The van der Waals surface area contributed by atoms with Crippen LogP contribution in [0.4, 0.5) is 0 Å². The Balaban J connectivity index is 1.50. The number of benzene rings is 2. The molecule has 1 fully saturated rings. The Bertz CT molecular complexity index is 881. The van der Waals surface area contributed by atoms with Crippen LogP contribution in [-0.4, -0.2) is 9.97 Å². The van der Waals surface area contributed by atoms with Crippen molar-refractivity contribution in [2.45, 2.75) is 45.1 Å². The van der Waals surface area contributed by atoms with Gasteiger partial charge in [0.15, 0.2) is 0 Å². The fraction of sp³-hybridized carbons (Fsp3) is 0.304. The summed E-state index contributed by atoms with van der Waals surface area (Å²) in [6, 6.07) is 19.5. The standard InChI is InChI=1S/C23H24N2O/c1-17-4-6-19(7-5-17)23(13-3-14-23)20-8-10-22(11-9-20)26-16-21-12-15-24-18(2)25-21/h4-12,15H,3,13-14,16H2,1-2H3. The van der Waals surface area contributed by atoms with Crippen molar-refractivity contribution in [1.29, 1.82) is 0 Å². The number of nitrogens with zero attached hydrogens (tertiary/aromatic N) is 2.